The van der Waals surface area contributed by atoms with Gasteiger partial charge in [-0.25, -0.2) is 0 Å². The highest BCUT2D eigenvalue weighted by Crippen LogP contribution is 2.27. The first-order valence-corrected chi connectivity index (χ1v) is 5.29. The van der Waals surface area contributed by atoms with Crippen LogP contribution >= 0.6 is 0 Å². The van der Waals surface area contributed by atoms with Crippen LogP contribution in [0.2, 0.25) is 0 Å². The van der Waals surface area contributed by atoms with Crippen molar-refractivity contribution in [3.63, 3.8) is 0 Å². The maximum atomic E-state index is 11.9. The van der Waals surface area contributed by atoms with E-state index in [9.17, 15) is 4.79 Å². The lowest BCUT2D eigenvalue weighted by molar-refractivity contribution is -0.131. The molecule has 0 radical (unpaired) electrons. The normalized spacial score (nSPS) is 32.7. The Morgan fingerprint density at radius 1 is 1.80 bits per heavy atom. The minimum Gasteiger partial charge on any atom is -0.394 e. The minimum absolute atomic E-state index is 0.0472. The SMILES string of the molecule is CC[C@@H](CO)NC(=O)C1(C)COCC1N. The van der Waals surface area contributed by atoms with Crippen molar-refractivity contribution in [2.75, 3.05) is 19.8 Å². The molecule has 4 N–H and O–H groups in total. The van der Waals surface area contributed by atoms with Crippen LogP contribution in [-0.4, -0.2) is 42.9 Å². The summed E-state index contributed by atoms with van der Waals surface area (Å²) in [6.45, 7) is 4.43. The van der Waals surface area contributed by atoms with E-state index in [1.807, 2.05) is 6.92 Å². The summed E-state index contributed by atoms with van der Waals surface area (Å²) in [5.74, 6) is -0.131. The first-order chi connectivity index (χ1) is 7.04. The zero-order valence-corrected chi connectivity index (χ0v) is 9.32. The van der Waals surface area contributed by atoms with Gasteiger partial charge in [0.05, 0.1) is 31.3 Å². The Balaban J connectivity index is 2.59. The molecule has 0 aliphatic carbocycles. The Morgan fingerprint density at radius 2 is 2.47 bits per heavy atom. The summed E-state index contributed by atoms with van der Waals surface area (Å²) < 4.78 is 5.19. The monoisotopic (exact) mass is 216 g/mol. The van der Waals surface area contributed by atoms with E-state index in [0.29, 0.717) is 19.6 Å². The van der Waals surface area contributed by atoms with Crippen LogP contribution in [0.15, 0.2) is 0 Å². The standard InChI is InChI=1S/C10H20N2O3/c1-3-7(4-13)12-9(14)10(2)6-15-5-8(10)11/h7-8,13H,3-6,11H2,1-2H3,(H,12,14)/t7-,8?,10?/m0/s1. The van der Waals surface area contributed by atoms with Gasteiger partial charge in [0.15, 0.2) is 0 Å². The third-order valence-corrected chi connectivity index (χ3v) is 3.08. The van der Waals surface area contributed by atoms with Crippen molar-refractivity contribution in [3.05, 3.63) is 0 Å². The van der Waals surface area contributed by atoms with Crippen LogP contribution in [0.3, 0.4) is 0 Å². The summed E-state index contributed by atoms with van der Waals surface area (Å²) in [4.78, 5) is 11.9. The fourth-order valence-electron chi connectivity index (χ4n) is 1.55. The molecule has 1 aliphatic heterocycles. The highest BCUT2D eigenvalue weighted by molar-refractivity contribution is 5.83. The van der Waals surface area contributed by atoms with E-state index in [4.69, 9.17) is 15.6 Å². The molecule has 1 fully saturated rings. The van der Waals surface area contributed by atoms with Crippen molar-refractivity contribution in [2.24, 2.45) is 11.1 Å². The number of carbonyl (C=O) groups is 1. The van der Waals surface area contributed by atoms with Gasteiger partial charge in [-0.15, -0.1) is 0 Å². The van der Waals surface area contributed by atoms with Crippen LogP contribution in [-0.2, 0) is 9.53 Å². The highest BCUT2D eigenvalue weighted by atomic mass is 16.5. The molecule has 1 aliphatic rings. The predicted octanol–water partition coefficient (Wildman–Crippen LogP) is -0.763. The van der Waals surface area contributed by atoms with E-state index in [0.717, 1.165) is 0 Å². The van der Waals surface area contributed by atoms with Gasteiger partial charge >= 0.3 is 0 Å². The summed E-state index contributed by atoms with van der Waals surface area (Å²) in [5, 5.41) is 11.8. The van der Waals surface area contributed by atoms with Gasteiger partial charge < -0.3 is 20.9 Å². The molecule has 15 heavy (non-hydrogen) atoms. The van der Waals surface area contributed by atoms with Crippen molar-refractivity contribution in [3.8, 4) is 0 Å². The smallest absolute Gasteiger partial charge is 0.230 e. The number of aliphatic hydroxyl groups is 1. The van der Waals surface area contributed by atoms with Crippen LogP contribution in [0.1, 0.15) is 20.3 Å². The van der Waals surface area contributed by atoms with E-state index < -0.39 is 5.41 Å². The van der Waals surface area contributed by atoms with Gasteiger partial charge in [-0.2, -0.15) is 0 Å². The third kappa shape index (κ3) is 2.48. The van der Waals surface area contributed by atoms with Crippen molar-refractivity contribution in [1.29, 1.82) is 0 Å². The number of amides is 1. The van der Waals surface area contributed by atoms with Crippen LogP contribution in [0, 0.1) is 5.41 Å². The van der Waals surface area contributed by atoms with E-state index >= 15 is 0 Å². The van der Waals surface area contributed by atoms with Crippen molar-refractivity contribution >= 4 is 5.91 Å². The van der Waals surface area contributed by atoms with E-state index in [1.165, 1.54) is 0 Å². The topological polar surface area (TPSA) is 84.6 Å². The van der Waals surface area contributed by atoms with Crippen LogP contribution in [0.5, 0.6) is 0 Å². The van der Waals surface area contributed by atoms with Gasteiger partial charge in [0, 0.05) is 6.04 Å². The number of ether oxygens (including phenoxy) is 1. The number of rotatable bonds is 4. The Morgan fingerprint density at radius 3 is 2.87 bits per heavy atom. The van der Waals surface area contributed by atoms with Gasteiger partial charge in [0.2, 0.25) is 5.91 Å². The number of hydrogen-bond acceptors (Lipinski definition) is 4. The molecule has 0 aromatic carbocycles. The first kappa shape index (κ1) is 12.4. The van der Waals surface area contributed by atoms with E-state index in [-0.39, 0.29) is 24.6 Å². The Kier molecular flexibility index (Phi) is 4.07. The minimum atomic E-state index is -0.664. The lowest BCUT2D eigenvalue weighted by Gasteiger charge is -2.27. The van der Waals surface area contributed by atoms with Gasteiger partial charge in [0.25, 0.3) is 0 Å². The molecule has 1 amide bonds. The van der Waals surface area contributed by atoms with Gasteiger partial charge in [-0.1, -0.05) is 6.92 Å². The zero-order chi connectivity index (χ0) is 11.5. The second kappa shape index (κ2) is 4.92. The number of hydrogen-bond donors (Lipinski definition) is 3. The summed E-state index contributed by atoms with van der Waals surface area (Å²) >= 11 is 0. The first-order valence-electron chi connectivity index (χ1n) is 5.29. The summed E-state index contributed by atoms with van der Waals surface area (Å²) in [5.41, 5.74) is 5.16. The van der Waals surface area contributed by atoms with Gasteiger partial charge in [-0.3, -0.25) is 4.79 Å². The molecule has 3 atom stereocenters. The van der Waals surface area contributed by atoms with Crippen molar-refractivity contribution in [2.45, 2.75) is 32.4 Å². The average Bonchev–Trinajstić information content (AvgIpc) is 2.57. The number of nitrogens with two attached hydrogens (primary N) is 1. The molecule has 1 rings (SSSR count). The predicted molar refractivity (Wildman–Crippen MR) is 56.2 cm³/mol. The number of carbonyl (C=O) groups excluding carboxylic acids is 1. The Labute approximate surface area is 90.0 Å². The molecule has 88 valence electrons. The molecule has 2 unspecified atom stereocenters. The van der Waals surface area contributed by atoms with Crippen molar-refractivity contribution in [1.82, 2.24) is 5.32 Å². The summed E-state index contributed by atoms with van der Waals surface area (Å²) in [6.07, 6.45) is 0.703. The fourth-order valence-corrected chi connectivity index (χ4v) is 1.55. The third-order valence-electron chi connectivity index (χ3n) is 3.08. The molecule has 0 spiro atoms. The summed E-state index contributed by atoms with van der Waals surface area (Å²) in [6, 6.07) is -0.462. The molecule has 0 bridgehead atoms. The van der Waals surface area contributed by atoms with E-state index in [2.05, 4.69) is 5.32 Å². The second-order valence-electron chi connectivity index (χ2n) is 4.30. The van der Waals surface area contributed by atoms with E-state index in [1.54, 1.807) is 6.92 Å². The Hall–Kier alpha value is -0.650. The second-order valence-corrected chi connectivity index (χ2v) is 4.30. The molecule has 1 saturated heterocycles. The number of aliphatic hydroxyl groups excluding tert-OH is 1. The fraction of sp³-hybridized carbons (Fsp3) is 0.900. The molecule has 5 heteroatoms. The highest BCUT2D eigenvalue weighted by Gasteiger charge is 2.44. The molecular formula is C10H20N2O3. The molecular weight excluding hydrogens is 196 g/mol. The molecule has 5 nitrogen and oxygen atoms in total. The summed E-state index contributed by atoms with van der Waals surface area (Å²) in [7, 11) is 0. The van der Waals surface area contributed by atoms with Gasteiger partial charge in [-0.05, 0) is 13.3 Å². The van der Waals surface area contributed by atoms with Crippen LogP contribution < -0.4 is 11.1 Å². The maximum absolute atomic E-state index is 11.9. The zero-order valence-electron chi connectivity index (χ0n) is 9.32. The Bertz CT molecular complexity index is 231. The quantitative estimate of drug-likeness (QED) is 0.576. The molecule has 1 heterocycles. The maximum Gasteiger partial charge on any atom is 0.230 e. The van der Waals surface area contributed by atoms with Crippen LogP contribution in [0.4, 0.5) is 0 Å². The molecule has 0 aromatic heterocycles. The average molecular weight is 216 g/mol. The largest absolute Gasteiger partial charge is 0.394 e. The molecule has 0 saturated carbocycles. The van der Waals surface area contributed by atoms with Gasteiger partial charge in [0.1, 0.15) is 0 Å². The number of nitrogens with one attached hydrogen (secondary N) is 1. The lowest BCUT2D eigenvalue weighted by Crippen LogP contribution is -2.52. The molecule has 0 aromatic rings. The lowest BCUT2D eigenvalue weighted by atomic mass is 9.84. The van der Waals surface area contributed by atoms with Crippen molar-refractivity contribution < 1.29 is 14.6 Å². The van der Waals surface area contributed by atoms with Crippen LogP contribution in [0.25, 0.3) is 0 Å².